The van der Waals surface area contributed by atoms with Crippen molar-refractivity contribution < 1.29 is 15.0 Å². The summed E-state index contributed by atoms with van der Waals surface area (Å²) in [5, 5.41) is 20.4. The van der Waals surface area contributed by atoms with E-state index in [9.17, 15) is 4.79 Å². The fourth-order valence-electron chi connectivity index (χ4n) is 1.53. The van der Waals surface area contributed by atoms with Crippen LogP contribution in [0.2, 0.25) is 0 Å². The predicted octanol–water partition coefficient (Wildman–Crippen LogP) is -0.729. The number of nitrogens with one attached hydrogen (secondary N) is 1. The van der Waals surface area contributed by atoms with Crippen molar-refractivity contribution in [1.82, 2.24) is 5.32 Å². The van der Waals surface area contributed by atoms with Crippen LogP contribution in [0.1, 0.15) is 15.9 Å². The smallest absolute Gasteiger partial charge is 0.251 e. The highest BCUT2D eigenvalue weighted by Crippen LogP contribution is 2.09. The number of benzene rings is 1. The summed E-state index contributed by atoms with van der Waals surface area (Å²) in [6.45, 7) is -0.115. The van der Waals surface area contributed by atoms with Crippen molar-refractivity contribution in [2.45, 2.75) is 12.5 Å². The summed E-state index contributed by atoms with van der Waals surface area (Å²) in [5.41, 5.74) is 6.87. The molecule has 0 spiro atoms. The predicted molar refractivity (Wildman–Crippen MR) is 64.6 cm³/mol. The zero-order valence-electron chi connectivity index (χ0n) is 9.60. The number of carbonyl (C=O) groups excluding carboxylic acids is 1. The summed E-state index contributed by atoms with van der Waals surface area (Å²) in [6.07, 6.45) is 0.618. The van der Waals surface area contributed by atoms with Crippen molar-refractivity contribution >= 4 is 5.91 Å². The maximum Gasteiger partial charge on any atom is 0.251 e. The van der Waals surface area contributed by atoms with Gasteiger partial charge in [-0.3, -0.25) is 4.79 Å². The van der Waals surface area contributed by atoms with E-state index in [0.29, 0.717) is 18.5 Å². The molecule has 0 bridgehead atoms. The van der Waals surface area contributed by atoms with Crippen molar-refractivity contribution in [1.29, 1.82) is 0 Å². The van der Waals surface area contributed by atoms with Gasteiger partial charge in [-0.1, -0.05) is 18.2 Å². The minimum absolute atomic E-state index is 0.290. The van der Waals surface area contributed by atoms with Crippen LogP contribution >= 0.6 is 0 Å². The Kier molecular flexibility index (Phi) is 5.62. The van der Waals surface area contributed by atoms with Crippen LogP contribution in [0, 0.1) is 0 Å². The van der Waals surface area contributed by atoms with Crippen LogP contribution < -0.4 is 11.1 Å². The summed E-state index contributed by atoms with van der Waals surface area (Å²) in [4.78, 5) is 11.9. The number of carbonyl (C=O) groups is 1. The van der Waals surface area contributed by atoms with Crippen molar-refractivity contribution in [3.63, 3.8) is 0 Å². The first kappa shape index (κ1) is 13.6. The lowest BCUT2D eigenvalue weighted by atomic mass is 10.0. The van der Waals surface area contributed by atoms with Gasteiger partial charge in [-0.2, -0.15) is 0 Å². The summed E-state index contributed by atoms with van der Waals surface area (Å²) in [7, 11) is 0. The lowest BCUT2D eigenvalue weighted by Crippen LogP contribution is -2.40. The van der Waals surface area contributed by atoms with Gasteiger partial charge in [-0.25, -0.2) is 0 Å². The molecular formula is C12H18N2O3. The monoisotopic (exact) mass is 238 g/mol. The van der Waals surface area contributed by atoms with Gasteiger partial charge in [0.15, 0.2) is 0 Å². The number of aliphatic hydroxyl groups is 2. The normalized spacial score (nSPS) is 10.6. The average Bonchev–Trinajstić information content (AvgIpc) is 2.36. The maximum atomic E-state index is 11.9. The van der Waals surface area contributed by atoms with Crippen molar-refractivity contribution in [2.75, 3.05) is 19.8 Å². The molecule has 0 aliphatic carbocycles. The van der Waals surface area contributed by atoms with Gasteiger partial charge < -0.3 is 21.3 Å². The zero-order valence-corrected chi connectivity index (χ0v) is 9.60. The molecule has 0 atom stereocenters. The van der Waals surface area contributed by atoms with Crippen LogP contribution in [0.4, 0.5) is 0 Å². The zero-order chi connectivity index (χ0) is 12.7. The first-order valence-corrected chi connectivity index (χ1v) is 5.53. The molecule has 0 aliphatic heterocycles. The van der Waals surface area contributed by atoms with Crippen LogP contribution in [-0.2, 0) is 6.42 Å². The average molecular weight is 238 g/mol. The number of hydrogen-bond acceptors (Lipinski definition) is 4. The Hall–Kier alpha value is -1.43. The van der Waals surface area contributed by atoms with Gasteiger partial charge in [0.2, 0.25) is 0 Å². The van der Waals surface area contributed by atoms with E-state index >= 15 is 0 Å². The number of nitrogens with two attached hydrogens (primary N) is 1. The van der Waals surface area contributed by atoms with Gasteiger partial charge in [-0.15, -0.1) is 0 Å². The second-order valence-corrected chi connectivity index (χ2v) is 3.73. The molecule has 5 nitrogen and oxygen atoms in total. The van der Waals surface area contributed by atoms with E-state index in [0.717, 1.165) is 5.56 Å². The minimum atomic E-state index is -0.631. The standard InChI is InChI=1S/C12H18N2O3/c13-6-5-9-3-1-2-4-11(9)12(17)14-10(7-15)8-16/h1-4,10,15-16H,5-8,13H2,(H,14,17). The number of rotatable bonds is 6. The van der Waals surface area contributed by atoms with Crippen molar-refractivity contribution in [2.24, 2.45) is 5.73 Å². The minimum Gasteiger partial charge on any atom is -0.394 e. The van der Waals surface area contributed by atoms with Gasteiger partial charge in [0.05, 0.1) is 19.3 Å². The highest BCUT2D eigenvalue weighted by Gasteiger charge is 2.14. The molecule has 0 fully saturated rings. The number of amides is 1. The molecule has 1 rings (SSSR count). The summed E-state index contributed by atoms with van der Waals surface area (Å²) in [6, 6.07) is 6.52. The second kappa shape index (κ2) is 7.01. The van der Waals surface area contributed by atoms with Gasteiger partial charge in [0.25, 0.3) is 5.91 Å². The molecule has 0 saturated heterocycles. The second-order valence-electron chi connectivity index (χ2n) is 3.73. The molecule has 0 saturated carbocycles. The molecule has 1 amide bonds. The molecule has 5 N–H and O–H groups in total. The fourth-order valence-corrected chi connectivity index (χ4v) is 1.53. The van der Waals surface area contributed by atoms with Gasteiger partial charge in [0, 0.05) is 5.56 Å². The lowest BCUT2D eigenvalue weighted by Gasteiger charge is -2.15. The van der Waals surface area contributed by atoms with E-state index in [4.69, 9.17) is 15.9 Å². The molecule has 0 heterocycles. The number of aliphatic hydroxyl groups excluding tert-OH is 2. The Labute approximate surface area is 100 Å². The van der Waals surface area contributed by atoms with E-state index in [-0.39, 0.29) is 19.1 Å². The van der Waals surface area contributed by atoms with E-state index in [1.165, 1.54) is 0 Å². The van der Waals surface area contributed by atoms with E-state index in [2.05, 4.69) is 5.32 Å². The summed E-state index contributed by atoms with van der Waals surface area (Å²) >= 11 is 0. The molecule has 0 unspecified atom stereocenters. The van der Waals surface area contributed by atoms with Gasteiger partial charge in [-0.05, 0) is 24.6 Å². The fraction of sp³-hybridized carbons (Fsp3) is 0.417. The third kappa shape index (κ3) is 3.81. The SMILES string of the molecule is NCCc1ccccc1C(=O)NC(CO)CO. The third-order valence-corrected chi connectivity index (χ3v) is 2.45. The third-order valence-electron chi connectivity index (χ3n) is 2.45. The Balaban J connectivity index is 2.80. The Morgan fingerprint density at radius 3 is 2.53 bits per heavy atom. The molecular weight excluding hydrogens is 220 g/mol. The number of hydrogen-bond donors (Lipinski definition) is 4. The van der Waals surface area contributed by atoms with Crippen LogP contribution in [0.15, 0.2) is 24.3 Å². The van der Waals surface area contributed by atoms with Crippen molar-refractivity contribution in [3.8, 4) is 0 Å². The summed E-state index contributed by atoms with van der Waals surface area (Å²) in [5.74, 6) is -0.304. The van der Waals surface area contributed by atoms with Crippen LogP contribution in [-0.4, -0.2) is 41.9 Å². The quantitative estimate of drug-likeness (QED) is 0.525. The Morgan fingerprint density at radius 2 is 1.94 bits per heavy atom. The Bertz CT molecular complexity index is 365. The summed E-state index contributed by atoms with van der Waals surface area (Å²) < 4.78 is 0. The first-order chi connectivity index (χ1) is 8.22. The van der Waals surface area contributed by atoms with Crippen LogP contribution in [0.5, 0.6) is 0 Å². The molecule has 94 valence electrons. The molecule has 0 aliphatic rings. The molecule has 5 heteroatoms. The largest absolute Gasteiger partial charge is 0.394 e. The van der Waals surface area contributed by atoms with E-state index in [1.54, 1.807) is 12.1 Å². The van der Waals surface area contributed by atoms with E-state index < -0.39 is 6.04 Å². The highest BCUT2D eigenvalue weighted by atomic mass is 16.3. The van der Waals surface area contributed by atoms with E-state index in [1.807, 2.05) is 12.1 Å². The highest BCUT2D eigenvalue weighted by molar-refractivity contribution is 5.95. The first-order valence-electron chi connectivity index (χ1n) is 5.53. The van der Waals surface area contributed by atoms with Gasteiger partial charge >= 0.3 is 0 Å². The molecule has 17 heavy (non-hydrogen) atoms. The Morgan fingerprint density at radius 1 is 1.29 bits per heavy atom. The van der Waals surface area contributed by atoms with Crippen LogP contribution in [0.3, 0.4) is 0 Å². The maximum absolute atomic E-state index is 11.9. The molecule has 1 aromatic rings. The van der Waals surface area contributed by atoms with Crippen molar-refractivity contribution in [3.05, 3.63) is 35.4 Å². The molecule has 1 aromatic carbocycles. The lowest BCUT2D eigenvalue weighted by molar-refractivity contribution is 0.0878. The van der Waals surface area contributed by atoms with Gasteiger partial charge in [0.1, 0.15) is 0 Å². The van der Waals surface area contributed by atoms with Crippen LogP contribution in [0.25, 0.3) is 0 Å². The molecule has 0 aromatic heterocycles. The topological polar surface area (TPSA) is 95.6 Å². The molecule has 0 radical (unpaired) electrons.